The molecule has 1 aromatic carbocycles. The van der Waals surface area contributed by atoms with Gasteiger partial charge in [-0.15, -0.1) is 11.3 Å². The highest BCUT2D eigenvalue weighted by Crippen LogP contribution is 2.33. The van der Waals surface area contributed by atoms with E-state index in [0.717, 1.165) is 32.7 Å². The number of hydrogen-bond donors (Lipinski definition) is 1. The quantitative estimate of drug-likeness (QED) is 0.798. The van der Waals surface area contributed by atoms with Crippen molar-refractivity contribution in [1.29, 1.82) is 0 Å². The number of nitrogens with zero attached hydrogens (tertiary/aromatic N) is 2. The molecule has 4 heteroatoms. The molecule has 1 saturated heterocycles. The van der Waals surface area contributed by atoms with Crippen LogP contribution in [0.25, 0.3) is 10.1 Å². The van der Waals surface area contributed by atoms with Gasteiger partial charge in [0.2, 0.25) is 0 Å². The van der Waals surface area contributed by atoms with Gasteiger partial charge in [0.05, 0.1) is 5.69 Å². The van der Waals surface area contributed by atoms with Gasteiger partial charge in [0, 0.05) is 60.6 Å². The van der Waals surface area contributed by atoms with Gasteiger partial charge in [-0.05, 0) is 17.7 Å². The van der Waals surface area contributed by atoms with Crippen LogP contribution in [-0.4, -0.2) is 36.1 Å². The van der Waals surface area contributed by atoms with Crippen LogP contribution < -0.4 is 4.90 Å². The first-order valence-corrected chi connectivity index (χ1v) is 8.33. The third kappa shape index (κ3) is 2.57. The number of aromatic nitrogens is 1. The summed E-state index contributed by atoms with van der Waals surface area (Å²) >= 11 is 1.85. The normalized spacial score (nSPS) is 16.7. The maximum atomic E-state index is 3.13. The van der Waals surface area contributed by atoms with E-state index < -0.39 is 0 Å². The first-order chi connectivity index (χ1) is 10.4. The fraction of sp³-hybridized carbons (Fsp3) is 0.294. The van der Waals surface area contributed by atoms with Gasteiger partial charge in [0.1, 0.15) is 0 Å². The molecule has 0 atom stereocenters. The molecule has 0 amide bonds. The van der Waals surface area contributed by atoms with Crippen LogP contribution in [0.15, 0.2) is 48.1 Å². The van der Waals surface area contributed by atoms with Crippen LogP contribution in [0.3, 0.4) is 0 Å². The minimum absolute atomic E-state index is 1.06. The summed E-state index contributed by atoms with van der Waals surface area (Å²) in [6, 6.07) is 10.9. The highest BCUT2D eigenvalue weighted by Gasteiger charge is 2.19. The zero-order valence-corrected chi connectivity index (χ0v) is 12.8. The monoisotopic (exact) mass is 297 g/mol. The largest absolute Gasteiger partial charge is 0.368 e. The molecule has 21 heavy (non-hydrogen) atoms. The summed E-state index contributed by atoms with van der Waals surface area (Å²) in [6.07, 6.45) is 4.10. The number of anilines is 1. The number of aromatic amines is 1. The number of benzene rings is 1. The van der Waals surface area contributed by atoms with Gasteiger partial charge in [0.25, 0.3) is 0 Å². The van der Waals surface area contributed by atoms with Crippen LogP contribution in [0.2, 0.25) is 0 Å². The van der Waals surface area contributed by atoms with Gasteiger partial charge < -0.3 is 9.88 Å². The second kappa shape index (κ2) is 5.54. The van der Waals surface area contributed by atoms with Crippen LogP contribution in [0, 0.1) is 0 Å². The Labute approximate surface area is 128 Å². The summed E-state index contributed by atoms with van der Waals surface area (Å²) in [4.78, 5) is 8.21. The fourth-order valence-corrected chi connectivity index (χ4v) is 4.04. The zero-order valence-electron chi connectivity index (χ0n) is 12.0. The Kier molecular flexibility index (Phi) is 3.41. The Hall–Kier alpha value is -1.78. The predicted molar refractivity (Wildman–Crippen MR) is 90.1 cm³/mol. The molecule has 0 bridgehead atoms. The number of hydrogen-bond acceptors (Lipinski definition) is 3. The highest BCUT2D eigenvalue weighted by molar-refractivity contribution is 7.17. The summed E-state index contributed by atoms with van der Waals surface area (Å²) in [5, 5.41) is 3.72. The predicted octanol–water partition coefficient (Wildman–Crippen LogP) is 3.55. The van der Waals surface area contributed by atoms with Gasteiger partial charge in [-0.1, -0.05) is 18.2 Å². The SMILES string of the molecule is c1ccc2c(N3CCN(Cc4cc[nH]c4)CC3)csc2c1. The van der Waals surface area contributed by atoms with E-state index in [1.54, 1.807) is 0 Å². The van der Waals surface area contributed by atoms with Crippen LogP contribution in [-0.2, 0) is 6.54 Å². The molecular formula is C17H19N3S. The lowest BCUT2D eigenvalue weighted by atomic mass is 10.2. The molecule has 4 rings (SSSR count). The van der Waals surface area contributed by atoms with E-state index in [2.05, 4.69) is 56.7 Å². The molecule has 108 valence electrons. The molecule has 2 aromatic heterocycles. The number of nitrogens with one attached hydrogen (secondary N) is 1. The standard InChI is InChI=1S/C17H19N3S/c1-2-4-17-15(3-1)16(13-21-17)20-9-7-19(8-10-20)12-14-5-6-18-11-14/h1-6,11,13,18H,7-10,12H2. The van der Waals surface area contributed by atoms with Crippen LogP contribution in [0.4, 0.5) is 5.69 Å². The zero-order chi connectivity index (χ0) is 14.1. The summed E-state index contributed by atoms with van der Waals surface area (Å²) < 4.78 is 1.39. The molecule has 3 heterocycles. The van der Waals surface area contributed by atoms with E-state index in [-0.39, 0.29) is 0 Å². The van der Waals surface area contributed by atoms with Gasteiger partial charge in [-0.3, -0.25) is 4.90 Å². The first kappa shape index (κ1) is 12.9. The van der Waals surface area contributed by atoms with Crippen molar-refractivity contribution in [2.24, 2.45) is 0 Å². The Bertz CT molecular complexity index is 709. The number of H-pyrrole nitrogens is 1. The van der Waals surface area contributed by atoms with E-state index >= 15 is 0 Å². The first-order valence-electron chi connectivity index (χ1n) is 7.45. The maximum absolute atomic E-state index is 3.13. The smallest absolute Gasteiger partial charge is 0.0555 e. The summed E-state index contributed by atoms with van der Waals surface area (Å²) in [7, 11) is 0. The lowest BCUT2D eigenvalue weighted by molar-refractivity contribution is 0.250. The lowest BCUT2D eigenvalue weighted by Gasteiger charge is -2.35. The van der Waals surface area contributed by atoms with Gasteiger partial charge >= 0.3 is 0 Å². The maximum Gasteiger partial charge on any atom is 0.0555 e. The number of rotatable bonds is 3. The summed E-state index contributed by atoms with van der Waals surface area (Å²) in [5.74, 6) is 0. The number of fused-ring (bicyclic) bond motifs is 1. The molecule has 3 aromatic rings. The second-order valence-electron chi connectivity index (χ2n) is 5.60. The number of thiophene rings is 1. The van der Waals surface area contributed by atoms with Crippen molar-refractivity contribution in [3.8, 4) is 0 Å². The highest BCUT2D eigenvalue weighted by atomic mass is 32.1. The van der Waals surface area contributed by atoms with Gasteiger partial charge in [-0.25, -0.2) is 0 Å². The third-order valence-electron chi connectivity index (χ3n) is 4.24. The van der Waals surface area contributed by atoms with E-state index in [4.69, 9.17) is 0 Å². The summed E-state index contributed by atoms with van der Waals surface area (Å²) in [5.41, 5.74) is 2.79. The Morgan fingerprint density at radius 1 is 1.05 bits per heavy atom. The van der Waals surface area contributed by atoms with Gasteiger partial charge in [-0.2, -0.15) is 0 Å². The molecule has 1 aliphatic rings. The van der Waals surface area contributed by atoms with E-state index in [0.29, 0.717) is 0 Å². The molecule has 3 nitrogen and oxygen atoms in total. The van der Waals surface area contributed by atoms with Crippen molar-refractivity contribution < 1.29 is 0 Å². The van der Waals surface area contributed by atoms with E-state index in [9.17, 15) is 0 Å². The van der Waals surface area contributed by atoms with Crippen molar-refractivity contribution >= 4 is 27.1 Å². The Balaban J connectivity index is 1.45. The molecule has 1 aliphatic heterocycles. The van der Waals surface area contributed by atoms with Crippen LogP contribution in [0.1, 0.15) is 5.56 Å². The second-order valence-corrected chi connectivity index (χ2v) is 6.51. The van der Waals surface area contributed by atoms with Crippen LogP contribution in [0.5, 0.6) is 0 Å². The summed E-state index contributed by atoms with van der Waals surface area (Å²) in [6.45, 7) is 5.56. The van der Waals surface area contributed by atoms with Crippen LogP contribution >= 0.6 is 11.3 Å². The number of piperazine rings is 1. The van der Waals surface area contributed by atoms with Gasteiger partial charge in [0.15, 0.2) is 0 Å². The molecule has 0 spiro atoms. The minimum Gasteiger partial charge on any atom is -0.368 e. The molecule has 1 N–H and O–H groups in total. The van der Waals surface area contributed by atoms with Crippen molar-refractivity contribution in [3.05, 3.63) is 53.7 Å². The van der Waals surface area contributed by atoms with E-state index in [1.165, 1.54) is 21.3 Å². The molecule has 0 saturated carbocycles. The molecule has 0 unspecified atom stereocenters. The van der Waals surface area contributed by atoms with Crippen molar-refractivity contribution in [2.75, 3.05) is 31.1 Å². The molecule has 0 radical (unpaired) electrons. The topological polar surface area (TPSA) is 22.3 Å². The average molecular weight is 297 g/mol. The molecular weight excluding hydrogens is 278 g/mol. The lowest BCUT2D eigenvalue weighted by Crippen LogP contribution is -2.45. The Morgan fingerprint density at radius 3 is 2.71 bits per heavy atom. The minimum atomic E-state index is 1.06. The average Bonchev–Trinajstić information content (AvgIpc) is 3.17. The van der Waals surface area contributed by atoms with Crippen molar-refractivity contribution in [2.45, 2.75) is 6.54 Å². The Morgan fingerprint density at radius 2 is 1.90 bits per heavy atom. The fourth-order valence-electron chi connectivity index (χ4n) is 3.07. The van der Waals surface area contributed by atoms with E-state index in [1.807, 2.05) is 17.5 Å². The van der Waals surface area contributed by atoms with Crippen molar-refractivity contribution in [3.63, 3.8) is 0 Å². The molecule has 1 fully saturated rings. The van der Waals surface area contributed by atoms with Crippen molar-refractivity contribution in [1.82, 2.24) is 9.88 Å². The third-order valence-corrected chi connectivity index (χ3v) is 5.19. The molecule has 0 aliphatic carbocycles.